The zero-order valence-electron chi connectivity index (χ0n) is 10.1. The molecule has 0 saturated carbocycles. The second kappa shape index (κ2) is 5.50. The van der Waals surface area contributed by atoms with E-state index in [1.54, 1.807) is 0 Å². The number of aliphatic carboxylic acids is 1. The van der Waals surface area contributed by atoms with Gasteiger partial charge in [0.1, 0.15) is 0 Å². The van der Waals surface area contributed by atoms with Crippen LogP contribution in [-0.2, 0) is 4.79 Å². The molecule has 3 nitrogen and oxygen atoms in total. The molecule has 0 spiro atoms. The summed E-state index contributed by atoms with van der Waals surface area (Å²) >= 11 is 0. The molecule has 0 aliphatic carbocycles. The Morgan fingerprint density at radius 2 is 1.93 bits per heavy atom. The van der Waals surface area contributed by atoms with Gasteiger partial charge in [-0.3, -0.25) is 4.79 Å². The molecule has 1 heterocycles. The van der Waals surface area contributed by atoms with Crippen LogP contribution in [0.15, 0.2) is 0 Å². The van der Waals surface area contributed by atoms with Crippen molar-refractivity contribution >= 4 is 5.97 Å². The number of carboxylic acid groups (broad SMARTS) is 1. The third-order valence-electron chi connectivity index (χ3n) is 3.92. The summed E-state index contributed by atoms with van der Waals surface area (Å²) < 4.78 is 0. The highest BCUT2D eigenvalue weighted by Crippen LogP contribution is 2.22. The molecule has 1 aliphatic heterocycles. The van der Waals surface area contributed by atoms with Gasteiger partial charge in [-0.15, -0.1) is 0 Å². The van der Waals surface area contributed by atoms with Crippen LogP contribution in [-0.4, -0.2) is 35.1 Å². The molecule has 1 aliphatic rings. The van der Waals surface area contributed by atoms with Crippen LogP contribution < -0.4 is 0 Å². The van der Waals surface area contributed by atoms with Crippen molar-refractivity contribution in [2.24, 2.45) is 11.8 Å². The van der Waals surface area contributed by atoms with E-state index in [0.717, 1.165) is 25.9 Å². The van der Waals surface area contributed by atoms with Gasteiger partial charge in [-0.1, -0.05) is 20.3 Å². The number of carbonyl (C=O) groups is 1. The molecule has 2 atom stereocenters. The van der Waals surface area contributed by atoms with Crippen LogP contribution in [0.25, 0.3) is 0 Å². The lowest BCUT2D eigenvalue weighted by Crippen LogP contribution is -2.44. The van der Waals surface area contributed by atoms with Crippen molar-refractivity contribution in [2.45, 2.75) is 46.1 Å². The second-order valence-corrected chi connectivity index (χ2v) is 4.77. The maximum Gasteiger partial charge on any atom is 0.306 e. The van der Waals surface area contributed by atoms with Gasteiger partial charge in [0, 0.05) is 6.04 Å². The predicted octanol–water partition coefficient (Wildman–Crippen LogP) is 2.22. The summed E-state index contributed by atoms with van der Waals surface area (Å²) in [6.45, 7) is 8.64. The molecule has 0 aromatic carbocycles. The number of nitrogens with zero attached hydrogens (tertiary/aromatic N) is 1. The first-order valence-electron chi connectivity index (χ1n) is 6.03. The minimum atomic E-state index is -0.620. The highest BCUT2D eigenvalue weighted by atomic mass is 16.4. The molecule has 1 rings (SSSR count). The Morgan fingerprint density at radius 3 is 2.33 bits per heavy atom. The number of hydrogen-bond donors (Lipinski definition) is 1. The maximum atomic E-state index is 10.8. The van der Waals surface area contributed by atoms with Crippen LogP contribution in [0.4, 0.5) is 0 Å². The van der Waals surface area contributed by atoms with E-state index in [4.69, 9.17) is 5.11 Å². The Morgan fingerprint density at radius 1 is 1.40 bits per heavy atom. The lowest BCUT2D eigenvalue weighted by Gasteiger charge is -2.37. The number of piperidine rings is 1. The molecular formula is C12H23NO2. The molecule has 0 amide bonds. The van der Waals surface area contributed by atoms with E-state index in [0.29, 0.717) is 12.0 Å². The molecule has 0 aromatic rings. The standard InChI is InChI=1S/C12H23NO2/c1-4-9(2)10(3)13-7-5-11(6-8-13)12(14)15/h9-11H,4-8H2,1-3H3,(H,14,15). The van der Waals surface area contributed by atoms with Gasteiger partial charge in [0.05, 0.1) is 5.92 Å². The summed E-state index contributed by atoms with van der Waals surface area (Å²) in [5.41, 5.74) is 0. The summed E-state index contributed by atoms with van der Waals surface area (Å²) in [6, 6.07) is 0.588. The van der Waals surface area contributed by atoms with Crippen molar-refractivity contribution < 1.29 is 9.90 Å². The first-order valence-corrected chi connectivity index (χ1v) is 6.03. The highest BCUT2D eigenvalue weighted by Gasteiger charge is 2.28. The third-order valence-corrected chi connectivity index (χ3v) is 3.92. The molecule has 2 unspecified atom stereocenters. The normalized spacial score (nSPS) is 23.7. The van der Waals surface area contributed by atoms with Crippen LogP contribution in [0.1, 0.15) is 40.0 Å². The topological polar surface area (TPSA) is 40.5 Å². The Balaban J connectivity index is 2.40. The first-order chi connectivity index (χ1) is 7.06. The van der Waals surface area contributed by atoms with Gasteiger partial charge >= 0.3 is 5.97 Å². The summed E-state index contributed by atoms with van der Waals surface area (Å²) in [6.07, 6.45) is 2.83. The quantitative estimate of drug-likeness (QED) is 0.778. The van der Waals surface area contributed by atoms with Crippen LogP contribution in [0, 0.1) is 11.8 Å². The van der Waals surface area contributed by atoms with Gasteiger partial charge in [0.15, 0.2) is 0 Å². The Bertz CT molecular complexity index is 210. The third kappa shape index (κ3) is 3.20. The molecule has 1 fully saturated rings. The fourth-order valence-corrected chi connectivity index (χ4v) is 2.25. The monoisotopic (exact) mass is 213 g/mol. The fraction of sp³-hybridized carbons (Fsp3) is 0.917. The summed E-state index contributed by atoms with van der Waals surface area (Å²) in [5, 5.41) is 8.90. The molecule has 0 radical (unpaired) electrons. The second-order valence-electron chi connectivity index (χ2n) is 4.77. The molecular weight excluding hydrogens is 190 g/mol. The van der Waals surface area contributed by atoms with Gasteiger partial charge in [-0.25, -0.2) is 0 Å². The number of carboxylic acids is 1. The van der Waals surface area contributed by atoms with Crippen molar-refractivity contribution in [2.75, 3.05) is 13.1 Å². The van der Waals surface area contributed by atoms with E-state index in [9.17, 15) is 4.79 Å². The Labute approximate surface area is 92.5 Å². The number of hydrogen-bond acceptors (Lipinski definition) is 2. The summed E-state index contributed by atoms with van der Waals surface area (Å²) in [7, 11) is 0. The molecule has 1 saturated heterocycles. The minimum absolute atomic E-state index is 0.106. The van der Waals surface area contributed by atoms with Gasteiger partial charge < -0.3 is 10.0 Å². The van der Waals surface area contributed by atoms with Gasteiger partial charge in [0.25, 0.3) is 0 Å². The molecule has 88 valence electrons. The molecule has 0 bridgehead atoms. The van der Waals surface area contributed by atoms with E-state index >= 15 is 0 Å². The van der Waals surface area contributed by atoms with Crippen molar-refractivity contribution in [1.29, 1.82) is 0 Å². The van der Waals surface area contributed by atoms with Crippen LogP contribution in [0.5, 0.6) is 0 Å². The Hall–Kier alpha value is -0.570. The zero-order valence-corrected chi connectivity index (χ0v) is 10.1. The zero-order chi connectivity index (χ0) is 11.4. The SMILES string of the molecule is CCC(C)C(C)N1CCC(C(=O)O)CC1. The average molecular weight is 213 g/mol. The van der Waals surface area contributed by atoms with E-state index in [1.165, 1.54) is 6.42 Å². The Kier molecular flexibility index (Phi) is 4.58. The molecule has 15 heavy (non-hydrogen) atoms. The molecule has 0 aromatic heterocycles. The summed E-state index contributed by atoms with van der Waals surface area (Å²) in [4.78, 5) is 13.2. The van der Waals surface area contributed by atoms with Crippen LogP contribution in [0.2, 0.25) is 0 Å². The van der Waals surface area contributed by atoms with E-state index < -0.39 is 5.97 Å². The summed E-state index contributed by atoms with van der Waals surface area (Å²) in [5.74, 6) is -0.0254. The smallest absolute Gasteiger partial charge is 0.306 e. The van der Waals surface area contributed by atoms with E-state index in [2.05, 4.69) is 25.7 Å². The minimum Gasteiger partial charge on any atom is -0.481 e. The average Bonchev–Trinajstić information content (AvgIpc) is 2.27. The van der Waals surface area contributed by atoms with Crippen molar-refractivity contribution in [1.82, 2.24) is 4.90 Å². The predicted molar refractivity (Wildman–Crippen MR) is 60.8 cm³/mol. The maximum absolute atomic E-state index is 10.8. The highest BCUT2D eigenvalue weighted by molar-refractivity contribution is 5.70. The van der Waals surface area contributed by atoms with Crippen LogP contribution in [0.3, 0.4) is 0 Å². The van der Waals surface area contributed by atoms with Gasteiger partial charge in [0.2, 0.25) is 0 Å². The van der Waals surface area contributed by atoms with Gasteiger partial charge in [-0.05, 0) is 38.8 Å². The van der Waals surface area contributed by atoms with Crippen molar-refractivity contribution in [3.05, 3.63) is 0 Å². The van der Waals surface area contributed by atoms with Crippen LogP contribution >= 0.6 is 0 Å². The lowest BCUT2D eigenvalue weighted by molar-refractivity contribution is -0.143. The largest absolute Gasteiger partial charge is 0.481 e. The van der Waals surface area contributed by atoms with Gasteiger partial charge in [-0.2, -0.15) is 0 Å². The van der Waals surface area contributed by atoms with E-state index in [-0.39, 0.29) is 5.92 Å². The number of rotatable bonds is 4. The van der Waals surface area contributed by atoms with E-state index in [1.807, 2.05) is 0 Å². The first kappa shape index (κ1) is 12.5. The number of likely N-dealkylation sites (tertiary alicyclic amines) is 1. The molecule has 3 heteroatoms. The lowest BCUT2D eigenvalue weighted by atomic mass is 9.92. The van der Waals surface area contributed by atoms with Crippen molar-refractivity contribution in [3.63, 3.8) is 0 Å². The fourth-order valence-electron chi connectivity index (χ4n) is 2.25. The van der Waals surface area contributed by atoms with Crippen molar-refractivity contribution in [3.8, 4) is 0 Å². The molecule has 1 N–H and O–H groups in total.